The molecule has 2 atom stereocenters. The van der Waals surface area contributed by atoms with Gasteiger partial charge in [0.05, 0.1) is 13.0 Å². The highest BCUT2D eigenvalue weighted by atomic mass is 16.5. The average Bonchev–Trinajstić information content (AvgIpc) is 2.27. The monoisotopic (exact) mass is 197 g/mol. The minimum atomic E-state index is 0.00148. The van der Waals surface area contributed by atoms with Crippen molar-refractivity contribution in [2.75, 3.05) is 20.2 Å². The van der Waals surface area contributed by atoms with Crippen molar-refractivity contribution in [1.29, 1.82) is 0 Å². The van der Waals surface area contributed by atoms with E-state index in [1.807, 2.05) is 0 Å². The van der Waals surface area contributed by atoms with E-state index in [9.17, 15) is 4.79 Å². The highest BCUT2D eigenvalue weighted by Crippen LogP contribution is 2.31. The second-order valence-corrected chi connectivity index (χ2v) is 4.37. The van der Waals surface area contributed by atoms with Gasteiger partial charge in [-0.2, -0.15) is 0 Å². The van der Waals surface area contributed by atoms with Crippen LogP contribution in [0.4, 0.5) is 0 Å². The molecule has 0 bridgehead atoms. The molecule has 0 aromatic carbocycles. The third-order valence-corrected chi connectivity index (χ3v) is 3.59. The van der Waals surface area contributed by atoms with Crippen molar-refractivity contribution in [3.63, 3.8) is 0 Å². The van der Waals surface area contributed by atoms with Gasteiger partial charge in [-0.15, -0.1) is 0 Å². The molecule has 0 saturated carbocycles. The van der Waals surface area contributed by atoms with Crippen LogP contribution in [0.1, 0.15) is 32.1 Å². The van der Waals surface area contributed by atoms with Gasteiger partial charge in [0.2, 0.25) is 0 Å². The lowest BCUT2D eigenvalue weighted by Gasteiger charge is -2.43. The number of nitrogens with zero attached hydrogens (tertiary/aromatic N) is 1. The molecule has 2 saturated heterocycles. The van der Waals surface area contributed by atoms with Crippen molar-refractivity contribution in [2.45, 2.75) is 38.1 Å². The van der Waals surface area contributed by atoms with Crippen LogP contribution in [-0.2, 0) is 9.53 Å². The van der Waals surface area contributed by atoms with E-state index in [4.69, 9.17) is 4.74 Å². The predicted molar refractivity (Wildman–Crippen MR) is 54.0 cm³/mol. The highest BCUT2D eigenvalue weighted by Gasteiger charge is 2.37. The fourth-order valence-electron chi connectivity index (χ4n) is 2.88. The summed E-state index contributed by atoms with van der Waals surface area (Å²) in [6.07, 6.45) is 5.92. The Bertz CT molecular complexity index is 215. The number of piperidine rings is 2. The molecule has 2 aliphatic heterocycles. The lowest BCUT2D eigenvalue weighted by Crippen LogP contribution is -2.50. The Hall–Kier alpha value is -0.570. The summed E-state index contributed by atoms with van der Waals surface area (Å²) in [4.78, 5) is 14.1. The second-order valence-electron chi connectivity index (χ2n) is 4.37. The first kappa shape index (κ1) is 9.97. The van der Waals surface area contributed by atoms with Crippen LogP contribution in [0.2, 0.25) is 0 Å². The average molecular weight is 197 g/mol. The third-order valence-electron chi connectivity index (χ3n) is 3.59. The molecule has 2 aliphatic rings. The van der Waals surface area contributed by atoms with Crippen molar-refractivity contribution < 1.29 is 9.53 Å². The molecule has 0 aromatic heterocycles. The standard InChI is InChI=1S/C11H19NO2/c1-14-11(13)9-5-4-8-12-7-3-2-6-10(9)12/h9-10H,2-8H2,1H3/t9-,10?/m1/s1. The number of fused-ring (bicyclic) bond motifs is 1. The van der Waals surface area contributed by atoms with Crippen molar-refractivity contribution in [1.82, 2.24) is 4.90 Å². The molecule has 1 unspecified atom stereocenters. The summed E-state index contributed by atoms with van der Waals surface area (Å²) in [5, 5.41) is 0. The van der Waals surface area contributed by atoms with Gasteiger partial charge in [-0.1, -0.05) is 6.42 Å². The van der Waals surface area contributed by atoms with Gasteiger partial charge in [0.15, 0.2) is 0 Å². The summed E-state index contributed by atoms with van der Waals surface area (Å²) in [6.45, 7) is 2.36. The van der Waals surface area contributed by atoms with Crippen molar-refractivity contribution in [2.24, 2.45) is 5.92 Å². The lowest BCUT2D eigenvalue weighted by molar-refractivity contribution is -0.150. The Labute approximate surface area is 85.4 Å². The van der Waals surface area contributed by atoms with Gasteiger partial charge in [-0.25, -0.2) is 0 Å². The van der Waals surface area contributed by atoms with E-state index in [1.54, 1.807) is 0 Å². The fraction of sp³-hybridized carbons (Fsp3) is 0.909. The van der Waals surface area contributed by atoms with Crippen LogP contribution >= 0.6 is 0 Å². The molecular formula is C11H19NO2. The van der Waals surface area contributed by atoms with Crippen LogP contribution in [0, 0.1) is 5.92 Å². The Kier molecular flexibility index (Phi) is 3.06. The molecule has 0 aliphatic carbocycles. The molecular weight excluding hydrogens is 178 g/mol. The topological polar surface area (TPSA) is 29.5 Å². The molecule has 0 N–H and O–H groups in total. The molecule has 2 heterocycles. The van der Waals surface area contributed by atoms with Gasteiger partial charge in [-0.3, -0.25) is 9.69 Å². The smallest absolute Gasteiger partial charge is 0.310 e. The molecule has 0 spiro atoms. The number of carbonyl (C=O) groups is 1. The summed E-state index contributed by atoms with van der Waals surface area (Å²) in [7, 11) is 1.50. The summed E-state index contributed by atoms with van der Waals surface area (Å²) >= 11 is 0. The van der Waals surface area contributed by atoms with Crippen LogP contribution in [0.25, 0.3) is 0 Å². The van der Waals surface area contributed by atoms with Crippen LogP contribution < -0.4 is 0 Å². The summed E-state index contributed by atoms with van der Waals surface area (Å²) < 4.78 is 4.87. The van der Waals surface area contributed by atoms with E-state index in [0.717, 1.165) is 12.8 Å². The zero-order chi connectivity index (χ0) is 9.97. The van der Waals surface area contributed by atoms with Gasteiger partial charge in [0, 0.05) is 6.04 Å². The maximum Gasteiger partial charge on any atom is 0.310 e. The quantitative estimate of drug-likeness (QED) is 0.595. The molecule has 3 nitrogen and oxygen atoms in total. The normalized spacial score (nSPS) is 33.5. The first-order chi connectivity index (χ1) is 6.83. The number of esters is 1. The molecule has 2 fully saturated rings. The molecule has 0 amide bonds. The minimum absolute atomic E-state index is 0.00148. The predicted octanol–water partition coefficient (Wildman–Crippen LogP) is 1.42. The van der Waals surface area contributed by atoms with Gasteiger partial charge >= 0.3 is 5.97 Å². The van der Waals surface area contributed by atoms with Crippen molar-refractivity contribution in [3.8, 4) is 0 Å². The second kappa shape index (κ2) is 4.30. The third kappa shape index (κ3) is 1.78. The fourth-order valence-corrected chi connectivity index (χ4v) is 2.88. The van der Waals surface area contributed by atoms with E-state index in [0.29, 0.717) is 6.04 Å². The Balaban J connectivity index is 2.04. The first-order valence-corrected chi connectivity index (χ1v) is 5.65. The summed E-state index contributed by atoms with van der Waals surface area (Å²) in [5.74, 6) is 0.149. The van der Waals surface area contributed by atoms with Crippen LogP contribution in [0.15, 0.2) is 0 Å². The Morgan fingerprint density at radius 2 is 2.00 bits per heavy atom. The molecule has 14 heavy (non-hydrogen) atoms. The first-order valence-electron chi connectivity index (χ1n) is 5.65. The van der Waals surface area contributed by atoms with Crippen LogP contribution in [0.3, 0.4) is 0 Å². The van der Waals surface area contributed by atoms with E-state index < -0.39 is 0 Å². The molecule has 80 valence electrons. The Morgan fingerprint density at radius 3 is 2.79 bits per heavy atom. The van der Waals surface area contributed by atoms with Gasteiger partial charge < -0.3 is 4.74 Å². The molecule has 0 aromatic rings. The molecule has 2 rings (SSSR count). The molecule has 3 heteroatoms. The number of hydrogen-bond donors (Lipinski definition) is 0. The van der Waals surface area contributed by atoms with E-state index >= 15 is 0 Å². The van der Waals surface area contributed by atoms with Gasteiger partial charge in [0.25, 0.3) is 0 Å². The van der Waals surface area contributed by atoms with E-state index in [1.165, 1.54) is 39.5 Å². The van der Waals surface area contributed by atoms with Gasteiger partial charge in [-0.05, 0) is 38.8 Å². The molecule has 0 radical (unpaired) electrons. The number of hydrogen-bond acceptors (Lipinski definition) is 3. The highest BCUT2D eigenvalue weighted by molar-refractivity contribution is 5.73. The minimum Gasteiger partial charge on any atom is -0.469 e. The van der Waals surface area contributed by atoms with E-state index in [-0.39, 0.29) is 11.9 Å². The lowest BCUT2D eigenvalue weighted by atomic mass is 9.83. The number of methoxy groups -OCH3 is 1. The largest absolute Gasteiger partial charge is 0.469 e. The zero-order valence-corrected chi connectivity index (χ0v) is 8.87. The van der Waals surface area contributed by atoms with Gasteiger partial charge in [0.1, 0.15) is 0 Å². The maximum atomic E-state index is 11.6. The summed E-state index contributed by atoms with van der Waals surface area (Å²) in [5.41, 5.74) is 0. The SMILES string of the molecule is COC(=O)[C@@H]1CCCN2CCCCC12. The number of ether oxygens (including phenoxy) is 1. The van der Waals surface area contributed by atoms with Crippen LogP contribution in [-0.4, -0.2) is 37.1 Å². The summed E-state index contributed by atoms with van der Waals surface area (Å²) in [6, 6.07) is 0.477. The van der Waals surface area contributed by atoms with Crippen molar-refractivity contribution in [3.05, 3.63) is 0 Å². The van der Waals surface area contributed by atoms with Crippen LogP contribution in [0.5, 0.6) is 0 Å². The number of rotatable bonds is 1. The Morgan fingerprint density at radius 1 is 1.21 bits per heavy atom. The number of carbonyl (C=O) groups excluding carboxylic acids is 1. The maximum absolute atomic E-state index is 11.6. The zero-order valence-electron chi connectivity index (χ0n) is 8.87. The van der Waals surface area contributed by atoms with Crippen molar-refractivity contribution >= 4 is 5.97 Å². The van der Waals surface area contributed by atoms with E-state index in [2.05, 4.69) is 4.90 Å².